The number of anilines is 2. The summed E-state index contributed by atoms with van der Waals surface area (Å²) in [6.07, 6.45) is 10.6. The van der Waals surface area contributed by atoms with Gasteiger partial charge in [0.25, 0.3) is 0 Å². The second kappa shape index (κ2) is 10.6. The number of nitrogen functional groups attached to an aromatic ring is 1. The fourth-order valence-corrected chi connectivity index (χ4v) is 3.92. The Balaban J connectivity index is 1.45. The van der Waals surface area contributed by atoms with Crippen LogP contribution < -0.4 is 15.4 Å². The van der Waals surface area contributed by atoms with Crippen molar-refractivity contribution in [2.45, 2.75) is 71.1 Å². The molecule has 156 valence electrons. The normalized spacial score (nSPS) is 19.1. The summed E-state index contributed by atoms with van der Waals surface area (Å²) < 4.78 is 11.1. The van der Waals surface area contributed by atoms with Gasteiger partial charge in [-0.1, -0.05) is 32.6 Å². The first-order valence-electron chi connectivity index (χ1n) is 10.9. The van der Waals surface area contributed by atoms with E-state index >= 15 is 0 Å². The average Bonchev–Trinajstić information content (AvgIpc) is 3.02. The Morgan fingerprint density at radius 1 is 1.21 bits per heavy atom. The minimum Gasteiger partial charge on any atom is -0.463 e. The van der Waals surface area contributed by atoms with Crippen LogP contribution in [0.15, 0.2) is 0 Å². The Morgan fingerprint density at radius 2 is 2.07 bits per heavy atom. The molecule has 28 heavy (non-hydrogen) atoms. The third kappa shape index (κ3) is 5.56. The number of hydrogen-bond acceptors (Lipinski definition) is 6. The lowest BCUT2D eigenvalue weighted by atomic mass is 9.95. The van der Waals surface area contributed by atoms with E-state index in [9.17, 15) is 4.79 Å². The van der Waals surface area contributed by atoms with Crippen LogP contribution in [0.4, 0.5) is 11.6 Å². The van der Waals surface area contributed by atoms with Crippen molar-refractivity contribution in [1.82, 2.24) is 9.97 Å². The summed E-state index contributed by atoms with van der Waals surface area (Å²) in [5.41, 5.74) is 6.79. The van der Waals surface area contributed by atoms with Crippen molar-refractivity contribution in [2.75, 3.05) is 37.0 Å². The van der Waals surface area contributed by atoms with Crippen molar-refractivity contribution < 1.29 is 14.3 Å². The highest BCUT2D eigenvalue weighted by Gasteiger charge is 2.31. The molecule has 1 atom stereocenters. The van der Waals surface area contributed by atoms with Crippen LogP contribution in [-0.2, 0) is 16.0 Å². The molecule has 7 nitrogen and oxygen atoms in total. The van der Waals surface area contributed by atoms with E-state index in [2.05, 4.69) is 16.9 Å². The van der Waals surface area contributed by atoms with Crippen LogP contribution in [0.3, 0.4) is 0 Å². The molecule has 0 saturated carbocycles. The van der Waals surface area contributed by atoms with E-state index in [0.29, 0.717) is 24.8 Å². The predicted molar refractivity (Wildman–Crippen MR) is 110 cm³/mol. The van der Waals surface area contributed by atoms with Crippen molar-refractivity contribution in [3.63, 3.8) is 0 Å². The molecule has 1 saturated heterocycles. The van der Waals surface area contributed by atoms with Gasteiger partial charge in [-0.05, 0) is 38.0 Å². The second-order valence-corrected chi connectivity index (χ2v) is 7.90. The SMILES string of the molecule is CCCCOc1nc(N)c2c(n1)N(CCCCCCC1CCCOC1)C(=O)C2. The van der Waals surface area contributed by atoms with Crippen LogP contribution in [0.2, 0.25) is 0 Å². The molecule has 1 aromatic rings. The summed E-state index contributed by atoms with van der Waals surface area (Å²) in [6.45, 7) is 5.21. The molecule has 3 heterocycles. The van der Waals surface area contributed by atoms with E-state index in [1.807, 2.05) is 0 Å². The van der Waals surface area contributed by atoms with Gasteiger partial charge in [0.1, 0.15) is 11.6 Å². The number of carbonyl (C=O) groups excluding carboxylic acids is 1. The molecule has 1 amide bonds. The molecular weight excluding hydrogens is 356 g/mol. The van der Waals surface area contributed by atoms with E-state index in [1.165, 1.54) is 32.1 Å². The minimum atomic E-state index is 0.0565. The van der Waals surface area contributed by atoms with Crippen molar-refractivity contribution in [1.29, 1.82) is 0 Å². The van der Waals surface area contributed by atoms with Gasteiger partial charge in [-0.2, -0.15) is 9.97 Å². The number of nitrogens with zero attached hydrogens (tertiary/aromatic N) is 3. The number of fused-ring (bicyclic) bond motifs is 1. The van der Waals surface area contributed by atoms with Crippen LogP contribution in [0, 0.1) is 5.92 Å². The molecule has 1 aromatic heterocycles. The van der Waals surface area contributed by atoms with Gasteiger partial charge in [-0.15, -0.1) is 0 Å². The molecule has 0 radical (unpaired) electrons. The number of nitrogens with two attached hydrogens (primary N) is 1. The molecule has 0 aromatic carbocycles. The fourth-order valence-electron chi connectivity index (χ4n) is 3.92. The average molecular weight is 391 g/mol. The zero-order chi connectivity index (χ0) is 19.8. The van der Waals surface area contributed by atoms with E-state index < -0.39 is 0 Å². The molecule has 0 bridgehead atoms. The number of rotatable bonds is 11. The molecule has 2 aliphatic heterocycles. The Morgan fingerprint density at radius 3 is 2.86 bits per heavy atom. The van der Waals surface area contributed by atoms with E-state index in [-0.39, 0.29) is 18.3 Å². The van der Waals surface area contributed by atoms with Gasteiger partial charge in [-0.25, -0.2) is 0 Å². The lowest BCUT2D eigenvalue weighted by Crippen LogP contribution is -2.28. The first-order chi connectivity index (χ1) is 13.7. The maximum atomic E-state index is 12.4. The van der Waals surface area contributed by atoms with Gasteiger partial charge in [0.05, 0.1) is 13.0 Å². The fraction of sp³-hybridized carbons (Fsp3) is 0.762. The smallest absolute Gasteiger partial charge is 0.320 e. The van der Waals surface area contributed by atoms with Gasteiger partial charge in [0.2, 0.25) is 5.91 Å². The van der Waals surface area contributed by atoms with E-state index in [0.717, 1.165) is 50.4 Å². The minimum absolute atomic E-state index is 0.0565. The number of aromatic nitrogens is 2. The summed E-state index contributed by atoms with van der Waals surface area (Å²) in [4.78, 5) is 22.9. The van der Waals surface area contributed by atoms with Crippen LogP contribution in [0.5, 0.6) is 6.01 Å². The third-order valence-corrected chi connectivity index (χ3v) is 5.61. The monoisotopic (exact) mass is 390 g/mol. The first-order valence-corrected chi connectivity index (χ1v) is 10.9. The summed E-state index contributed by atoms with van der Waals surface area (Å²) in [5.74, 6) is 1.80. The quantitative estimate of drug-likeness (QED) is 0.582. The van der Waals surface area contributed by atoms with Gasteiger partial charge in [-0.3, -0.25) is 9.69 Å². The molecular formula is C21H34N4O3. The Kier molecular flexibility index (Phi) is 7.89. The molecule has 2 N–H and O–H groups in total. The summed E-state index contributed by atoms with van der Waals surface area (Å²) >= 11 is 0. The van der Waals surface area contributed by atoms with E-state index in [1.54, 1.807) is 4.90 Å². The number of hydrogen-bond donors (Lipinski definition) is 1. The van der Waals surface area contributed by atoms with Crippen LogP contribution in [0.25, 0.3) is 0 Å². The molecule has 2 aliphatic rings. The highest BCUT2D eigenvalue weighted by atomic mass is 16.5. The molecule has 3 rings (SSSR count). The molecule has 0 spiro atoms. The first kappa shape index (κ1) is 20.8. The Hall–Kier alpha value is -1.89. The lowest BCUT2D eigenvalue weighted by molar-refractivity contribution is -0.117. The van der Waals surface area contributed by atoms with Gasteiger partial charge >= 0.3 is 6.01 Å². The Labute approximate surface area is 168 Å². The van der Waals surface area contributed by atoms with E-state index in [4.69, 9.17) is 15.2 Å². The van der Waals surface area contributed by atoms with Gasteiger partial charge in [0, 0.05) is 25.3 Å². The number of unbranched alkanes of at least 4 members (excludes halogenated alkanes) is 4. The van der Waals surface area contributed by atoms with Gasteiger partial charge in [0.15, 0.2) is 0 Å². The highest BCUT2D eigenvalue weighted by molar-refractivity contribution is 6.01. The molecule has 7 heteroatoms. The molecule has 0 aliphatic carbocycles. The topological polar surface area (TPSA) is 90.6 Å². The number of amides is 1. The van der Waals surface area contributed by atoms with Gasteiger partial charge < -0.3 is 15.2 Å². The third-order valence-electron chi connectivity index (χ3n) is 5.61. The summed E-state index contributed by atoms with van der Waals surface area (Å²) in [7, 11) is 0. The maximum Gasteiger partial charge on any atom is 0.320 e. The van der Waals surface area contributed by atoms with Crippen molar-refractivity contribution >= 4 is 17.5 Å². The lowest BCUT2D eigenvalue weighted by Gasteiger charge is -2.21. The largest absolute Gasteiger partial charge is 0.463 e. The van der Waals surface area contributed by atoms with Crippen molar-refractivity contribution in [2.24, 2.45) is 5.92 Å². The highest BCUT2D eigenvalue weighted by Crippen LogP contribution is 2.32. The second-order valence-electron chi connectivity index (χ2n) is 7.90. The predicted octanol–water partition coefficient (Wildman–Crippen LogP) is 3.50. The molecule has 1 unspecified atom stereocenters. The maximum absolute atomic E-state index is 12.4. The summed E-state index contributed by atoms with van der Waals surface area (Å²) in [6, 6.07) is 0.277. The molecule has 1 fully saturated rings. The van der Waals surface area contributed by atoms with Crippen molar-refractivity contribution in [3.8, 4) is 6.01 Å². The standard InChI is InChI=1S/C21H34N4O3/c1-2-3-13-28-21-23-19(22)17-14-18(26)25(20(17)24-21)11-7-5-4-6-9-16-10-8-12-27-15-16/h16H,2-15H2,1H3,(H2,22,23,24). The number of ether oxygens (including phenoxy) is 2. The van der Waals surface area contributed by atoms with Crippen LogP contribution >= 0.6 is 0 Å². The zero-order valence-electron chi connectivity index (χ0n) is 17.1. The summed E-state index contributed by atoms with van der Waals surface area (Å²) in [5, 5.41) is 0. The van der Waals surface area contributed by atoms with Crippen LogP contribution in [0.1, 0.15) is 70.3 Å². The van der Waals surface area contributed by atoms with Crippen LogP contribution in [-0.4, -0.2) is 42.2 Å². The van der Waals surface area contributed by atoms with Crippen molar-refractivity contribution in [3.05, 3.63) is 5.56 Å². The zero-order valence-corrected chi connectivity index (χ0v) is 17.1. The Bertz CT molecular complexity index is 647. The number of carbonyl (C=O) groups is 1.